The topological polar surface area (TPSA) is 41.7 Å². The van der Waals surface area contributed by atoms with E-state index in [1.807, 2.05) is 0 Å². The third-order valence-electron chi connectivity index (χ3n) is 3.81. The fraction of sp³-hybridized carbons (Fsp3) is 0.467. The lowest BCUT2D eigenvalue weighted by molar-refractivity contribution is 0.602. The van der Waals surface area contributed by atoms with Crippen LogP contribution in [0.1, 0.15) is 36.2 Å². The second kappa shape index (κ2) is 4.23. The number of aromatic nitrogens is 2. The molecule has 0 saturated heterocycles. The second-order valence-corrected chi connectivity index (χ2v) is 5.31. The van der Waals surface area contributed by atoms with Crippen LogP contribution in [0.4, 0.5) is 0 Å². The van der Waals surface area contributed by atoms with Gasteiger partial charge in [-0.3, -0.25) is 5.41 Å². The van der Waals surface area contributed by atoms with Gasteiger partial charge in [0.25, 0.3) is 0 Å². The summed E-state index contributed by atoms with van der Waals surface area (Å²) in [7, 11) is 0. The maximum Gasteiger partial charge on any atom is 0.135 e. The summed E-state index contributed by atoms with van der Waals surface area (Å²) in [6, 6.07) is 4.25. The Morgan fingerprint density at radius 2 is 2.00 bits per heavy atom. The molecular weight excluding hydrogens is 222 g/mol. The van der Waals surface area contributed by atoms with Gasteiger partial charge in [0.05, 0.1) is 5.52 Å². The van der Waals surface area contributed by atoms with Crippen molar-refractivity contribution >= 4 is 10.9 Å². The van der Waals surface area contributed by atoms with Crippen LogP contribution in [0.3, 0.4) is 0 Å². The number of benzene rings is 1. The largest absolute Gasteiger partial charge is 0.314 e. The number of aryl methyl sites for hydroxylation is 3. The van der Waals surface area contributed by atoms with E-state index in [9.17, 15) is 0 Å². The van der Waals surface area contributed by atoms with Gasteiger partial charge in [0.15, 0.2) is 0 Å². The van der Waals surface area contributed by atoms with Crippen LogP contribution in [-0.4, -0.2) is 9.55 Å². The Balaban J connectivity index is 2.38. The summed E-state index contributed by atoms with van der Waals surface area (Å²) in [6.45, 7) is 5.12. The molecule has 1 N–H and O–H groups in total. The van der Waals surface area contributed by atoms with E-state index >= 15 is 0 Å². The van der Waals surface area contributed by atoms with Gasteiger partial charge in [0.2, 0.25) is 0 Å². The van der Waals surface area contributed by atoms with Gasteiger partial charge < -0.3 is 4.57 Å². The fourth-order valence-electron chi connectivity index (χ4n) is 2.97. The molecule has 2 aromatic rings. The van der Waals surface area contributed by atoms with Crippen LogP contribution in [-0.2, 0) is 13.0 Å². The maximum absolute atomic E-state index is 8.45. The molecule has 0 unspecified atom stereocenters. The van der Waals surface area contributed by atoms with E-state index in [0.29, 0.717) is 5.49 Å². The van der Waals surface area contributed by atoms with Gasteiger partial charge in [-0.15, -0.1) is 0 Å². The highest BCUT2D eigenvalue weighted by Crippen LogP contribution is 2.18. The Hall–Kier alpha value is -1.64. The standard InChI is InChI=1S/C15H19N3/c1-10-8-11(2)14-12(9-10)17-13-6-4-3-5-7-18(13)15(14)16/h8-9,16H,3-7H2,1-2H3. The van der Waals surface area contributed by atoms with Crippen molar-refractivity contribution in [2.24, 2.45) is 0 Å². The molecule has 1 aliphatic rings. The Labute approximate surface area is 107 Å². The number of fused-ring (bicyclic) bond motifs is 2. The summed E-state index contributed by atoms with van der Waals surface area (Å²) < 4.78 is 2.11. The second-order valence-electron chi connectivity index (χ2n) is 5.31. The Morgan fingerprint density at radius 1 is 1.17 bits per heavy atom. The molecule has 0 fully saturated rings. The van der Waals surface area contributed by atoms with E-state index in [0.717, 1.165) is 29.7 Å². The van der Waals surface area contributed by atoms with Crippen molar-refractivity contribution in [3.05, 3.63) is 34.6 Å². The summed E-state index contributed by atoms with van der Waals surface area (Å²) in [5, 5.41) is 9.47. The highest BCUT2D eigenvalue weighted by atomic mass is 15.1. The fourth-order valence-corrected chi connectivity index (χ4v) is 2.97. The Morgan fingerprint density at radius 3 is 2.83 bits per heavy atom. The lowest BCUT2D eigenvalue weighted by Crippen LogP contribution is -2.25. The predicted octanol–water partition coefficient (Wildman–Crippen LogP) is 2.86. The molecule has 0 saturated carbocycles. The van der Waals surface area contributed by atoms with Gasteiger partial charge in [-0.25, -0.2) is 4.98 Å². The van der Waals surface area contributed by atoms with Crippen LogP contribution in [0.25, 0.3) is 10.9 Å². The summed E-state index contributed by atoms with van der Waals surface area (Å²) in [5.41, 5.74) is 4.03. The smallest absolute Gasteiger partial charge is 0.135 e. The Kier molecular flexibility index (Phi) is 2.69. The monoisotopic (exact) mass is 241 g/mol. The third-order valence-corrected chi connectivity index (χ3v) is 3.81. The van der Waals surface area contributed by atoms with Crippen LogP contribution in [0.15, 0.2) is 12.1 Å². The van der Waals surface area contributed by atoms with Gasteiger partial charge in [0, 0.05) is 18.4 Å². The summed E-state index contributed by atoms with van der Waals surface area (Å²) in [4.78, 5) is 4.80. The molecule has 0 aliphatic carbocycles. The molecule has 1 aromatic heterocycles. The van der Waals surface area contributed by atoms with E-state index in [1.54, 1.807) is 0 Å². The zero-order valence-corrected chi connectivity index (χ0v) is 11.1. The lowest BCUT2D eigenvalue weighted by Gasteiger charge is -2.13. The zero-order chi connectivity index (χ0) is 12.7. The van der Waals surface area contributed by atoms with Gasteiger partial charge in [-0.05, 0) is 43.9 Å². The molecule has 18 heavy (non-hydrogen) atoms. The van der Waals surface area contributed by atoms with Gasteiger partial charge in [-0.2, -0.15) is 0 Å². The highest BCUT2D eigenvalue weighted by molar-refractivity contribution is 5.81. The van der Waals surface area contributed by atoms with Crippen molar-refractivity contribution in [2.75, 3.05) is 0 Å². The third kappa shape index (κ3) is 1.74. The molecule has 0 amide bonds. The van der Waals surface area contributed by atoms with Crippen molar-refractivity contribution in [1.82, 2.24) is 9.55 Å². The maximum atomic E-state index is 8.45. The van der Waals surface area contributed by atoms with Crippen LogP contribution in [0, 0.1) is 19.3 Å². The number of rotatable bonds is 0. The SMILES string of the molecule is Cc1cc(C)c2c(=N)n3c(nc2c1)CCCCC3. The van der Waals surface area contributed by atoms with Crippen molar-refractivity contribution in [3.63, 3.8) is 0 Å². The number of hydrogen-bond donors (Lipinski definition) is 1. The molecule has 2 heterocycles. The quantitative estimate of drug-likeness (QED) is 0.757. The first-order valence-electron chi connectivity index (χ1n) is 6.72. The minimum atomic E-state index is 0.648. The summed E-state index contributed by atoms with van der Waals surface area (Å²) >= 11 is 0. The van der Waals surface area contributed by atoms with E-state index in [4.69, 9.17) is 10.4 Å². The minimum Gasteiger partial charge on any atom is -0.314 e. The number of nitrogens with zero attached hydrogens (tertiary/aromatic N) is 2. The minimum absolute atomic E-state index is 0.648. The molecule has 1 aliphatic heterocycles. The molecule has 0 bridgehead atoms. The van der Waals surface area contributed by atoms with Crippen LogP contribution >= 0.6 is 0 Å². The highest BCUT2D eigenvalue weighted by Gasteiger charge is 2.13. The molecular formula is C15H19N3. The Bertz CT molecular complexity index is 667. The van der Waals surface area contributed by atoms with E-state index in [2.05, 4.69) is 30.5 Å². The van der Waals surface area contributed by atoms with E-state index < -0.39 is 0 Å². The van der Waals surface area contributed by atoms with Crippen molar-refractivity contribution in [1.29, 1.82) is 5.41 Å². The van der Waals surface area contributed by atoms with Gasteiger partial charge >= 0.3 is 0 Å². The molecule has 0 spiro atoms. The zero-order valence-electron chi connectivity index (χ0n) is 11.1. The summed E-state index contributed by atoms with van der Waals surface area (Å²) in [6.07, 6.45) is 4.62. The van der Waals surface area contributed by atoms with Crippen LogP contribution in [0.2, 0.25) is 0 Å². The number of hydrogen-bond acceptors (Lipinski definition) is 2. The molecule has 1 aromatic carbocycles. The average Bonchev–Trinajstić information content (AvgIpc) is 2.53. The average molecular weight is 241 g/mol. The number of nitrogens with one attached hydrogen (secondary N) is 1. The first-order chi connectivity index (χ1) is 8.66. The lowest BCUT2D eigenvalue weighted by atomic mass is 10.1. The van der Waals surface area contributed by atoms with Crippen LogP contribution < -0.4 is 5.49 Å². The van der Waals surface area contributed by atoms with Crippen molar-refractivity contribution < 1.29 is 0 Å². The van der Waals surface area contributed by atoms with Gasteiger partial charge in [-0.1, -0.05) is 12.5 Å². The predicted molar refractivity (Wildman–Crippen MR) is 72.6 cm³/mol. The summed E-state index contributed by atoms with van der Waals surface area (Å²) in [5.74, 6) is 1.09. The first-order valence-corrected chi connectivity index (χ1v) is 6.72. The van der Waals surface area contributed by atoms with E-state index in [-0.39, 0.29) is 0 Å². The molecule has 0 atom stereocenters. The molecule has 3 rings (SSSR count). The molecule has 3 heteroatoms. The van der Waals surface area contributed by atoms with E-state index in [1.165, 1.54) is 30.4 Å². The first kappa shape index (κ1) is 11.5. The normalized spacial score (nSPS) is 15.4. The van der Waals surface area contributed by atoms with Crippen LogP contribution in [0.5, 0.6) is 0 Å². The molecule has 0 radical (unpaired) electrons. The molecule has 3 nitrogen and oxygen atoms in total. The van der Waals surface area contributed by atoms with Gasteiger partial charge in [0.1, 0.15) is 11.3 Å². The van der Waals surface area contributed by atoms with Crippen molar-refractivity contribution in [3.8, 4) is 0 Å². The molecule has 94 valence electrons. The van der Waals surface area contributed by atoms with Crippen molar-refractivity contribution in [2.45, 2.75) is 46.1 Å².